The summed E-state index contributed by atoms with van der Waals surface area (Å²) in [7, 11) is 1.31. The molecule has 0 spiro atoms. The number of nitrogens with zero attached hydrogens (tertiary/aromatic N) is 1. The number of likely N-dealkylation sites (tertiary alicyclic amines) is 1. The Balaban J connectivity index is 1.32. The van der Waals surface area contributed by atoms with Crippen LogP contribution in [-0.4, -0.2) is 56.0 Å². The molecular weight excluding hydrogens is 458 g/mol. The number of methoxy groups -OCH3 is 1. The van der Waals surface area contributed by atoms with Crippen molar-refractivity contribution in [2.24, 2.45) is 0 Å². The van der Waals surface area contributed by atoms with Gasteiger partial charge in [0, 0.05) is 35.5 Å². The van der Waals surface area contributed by atoms with Crippen LogP contribution < -0.4 is 10.6 Å². The van der Waals surface area contributed by atoms with Crippen LogP contribution in [0, 0.1) is 0 Å². The lowest BCUT2D eigenvalue weighted by molar-refractivity contribution is -0.110. The van der Waals surface area contributed by atoms with E-state index in [4.69, 9.17) is 9.15 Å². The molecule has 184 valence electrons. The van der Waals surface area contributed by atoms with Crippen LogP contribution in [0.1, 0.15) is 44.9 Å². The van der Waals surface area contributed by atoms with Gasteiger partial charge in [0.2, 0.25) is 0 Å². The van der Waals surface area contributed by atoms with Crippen LogP contribution in [0.15, 0.2) is 59.0 Å². The number of carbonyl (C=O) groups is 3. The van der Waals surface area contributed by atoms with Gasteiger partial charge in [-0.05, 0) is 74.5 Å². The third kappa shape index (κ3) is 4.94. The average molecular weight is 486 g/mol. The topological polar surface area (TPSA) is 101 Å². The zero-order valence-electron chi connectivity index (χ0n) is 20.0. The molecule has 0 unspecified atom stereocenters. The van der Waals surface area contributed by atoms with Gasteiger partial charge in [-0.3, -0.25) is 9.59 Å². The Morgan fingerprint density at radius 1 is 1.08 bits per heavy atom. The van der Waals surface area contributed by atoms with E-state index < -0.39 is 5.97 Å². The van der Waals surface area contributed by atoms with E-state index in [9.17, 15) is 14.4 Å². The highest BCUT2D eigenvalue weighted by Gasteiger charge is 2.26. The summed E-state index contributed by atoms with van der Waals surface area (Å²) < 4.78 is 10.8. The summed E-state index contributed by atoms with van der Waals surface area (Å²) >= 11 is 0. The third-order valence-electron chi connectivity index (χ3n) is 6.46. The van der Waals surface area contributed by atoms with E-state index in [0.29, 0.717) is 46.0 Å². The minimum absolute atomic E-state index is 0.120. The molecule has 0 saturated carbocycles. The van der Waals surface area contributed by atoms with Crippen molar-refractivity contribution in [1.82, 2.24) is 10.2 Å². The number of rotatable bonds is 7. The Bertz CT molecular complexity index is 1350. The summed E-state index contributed by atoms with van der Waals surface area (Å²) in [5.74, 6) is 0.183. The molecule has 2 aromatic carbocycles. The lowest BCUT2D eigenvalue weighted by atomic mass is 10.0. The van der Waals surface area contributed by atoms with Crippen molar-refractivity contribution in [2.75, 3.05) is 38.6 Å². The first-order chi connectivity index (χ1) is 17.5. The van der Waals surface area contributed by atoms with Gasteiger partial charge in [-0.1, -0.05) is 12.1 Å². The summed E-state index contributed by atoms with van der Waals surface area (Å²) in [6.07, 6.45) is 4.09. The summed E-state index contributed by atoms with van der Waals surface area (Å²) in [4.78, 5) is 39.5. The van der Waals surface area contributed by atoms with Crippen LogP contribution in [0.3, 0.4) is 0 Å². The molecule has 8 nitrogen and oxygen atoms in total. The van der Waals surface area contributed by atoms with E-state index in [2.05, 4.69) is 15.5 Å². The fourth-order valence-electron chi connectivity index (χ4n) is 4.55. The quantitative estimate of drug-likeness (QED) is 0.387. The van der Waals surface area contributed by atoms with Crippen LogP contribution >= 0.6 is 0 Å². The molecule has 1 fully saturated rings. The molecular formula is C28H27N3O5. The average Bonchev–Trinajstić information content (AvgIpc) is 3.65. The summed E-state index contributed by atoms with van der Waals surface area (Å²) in [5, 5.41) is 5.79. The fraction of sp³-hybridized carbons (Fsp3) is 0.250. The smallest absolute Gasteiger partial charge is 0.337 e. The van der Waals surface area contributed by atoms with E-state index >= 15 is 0 Å². The first-order valence-electron chi connectivity index (χ1n) is 12.0. The molecule has 0 radical (unpaired) electrons. The molecule has 36 heavy (non-hydrogen) atoms. The molecule has 2 N–H and O–H groups in total. The number of furan rings is 1. The SMILES string of the molecule is COC(=O)c1ccc2c(c1)C(=Cc1ccc(-c3cccc(C(=O)NCCN4CCCC4)c3)o1)C(=O)N2. The van der Waals surface area contributed by atoms with E-state index in [1.807, 2.05) is 12.1 Å². The lowest BCUT2D eigenvalue weighted by Crippen LogP contribution is -2.33. The molecule has 0 atom stereocenters. The number of amides is 2. The van der Waals surface area contributed by atoms with Crippen molar-refractivity contribution in [1.29, 1.82) is 0 Å². The Hall–Kier alpha value is -4.17. The summed E-state index contributed by atoms with van der Waals surface area (Å²) in [5.41, 5.74) is 3.29. The third-order valence-corrected chi connectivity index (χ3v) is 6.46. The van der Waals surface area contributed by atoms with Gasteiger partial charge >= 0.3 is 5.97 Å². The van der Waals surface area contributed by atoms with Gasteiger partial charge in [-0.25, -0.2) is 4.79 Å². The van der Waals surface area contributed by atoms with Crippen LogP contribution in [0.25, 0.3) is 23.0 Å². The highest BCUT2D eigenvalue weighted by atomic mass is 16.5. The normalized spacial score (nSPS) is 16.1. The van der Waals surface area contributed by atoms with Crippen molar-refractivity contribution in [2.45, 2.75) is 12.8 Å². The number of fused-ring (bicyclic) bond motifs is 1. The van der Waals surface area contributed by atoms with E-state index in [1.165, 1.54) is 20.0 Å². The number of esters is 1. The predicted molar refractivity (Wildman–Crippen MR) is 136 cm³/mol. The van der Waals surface area contributed by atoms with Gasteiger partial charge in [0.05, 0.1) is 18.2 Å². The fourth-order valence-corrected chi connectivity index (χ4v) is 4.55. The highest BCUT2D eigenvalue weighted by molar-refractivity contribution is 6.35. The summed E-state index contributed by atoms with van der Waals surface area (Å²) in [6, 6.07) is 15.7. The maximum atomic E-state index is 12.6. The second-order valence-electron chi connectivity index (χ2n) is 8.85. The molecule has 0 bridgehead atoms. The number of hydrogen-bond donors (Lipinski definition) is 2. The highest BCUT2D eigenvalue weighted by Crippen LogP contribution is 2.35. The molecule has 1 aromatic heterocycles. The largest absolute Gasteiger partial charge is 0.465 e. The predicted octanol–water partition coefficient (Wildman–Crippen LogP) is 4.05. The molecule has 0 aliphatic carbocycles. The molecule has 2 amide bonds. The number of nitrogens with one attached hydrogen (secondary N) is 2. The van der Waals surface area contributed by atoms with E-state index in [0.717, 1.165) is 25.2 Å². The van der Waals surface area contributed by atoms with Crippen LogP contribution in [0.2, 0.25) is 0 Å². The van der Waals surface area contributed by atoms with Crippen molar-refractivity contribution in [3.05, 3.63) is 77.0 Å². The maximum absolute atomic E-state index is 12.6. The Kier molecular flexibility index (Phi) is 6.69. The second-order valence-corrected chi connectivity index (χ2v) is 8.85. The molecule has 3 aromatic rings. The first-order valence-corrected chi connectivity index (χ1v) is 12.0. The van der Waals surface area contributed by atoms with E-state index in [1.54, 1.807) is 48.5 Å². The second kappa shape index (κ2) is 10.2. The van der Waals surface area contributed by atoms with Gasteiger partial charge in [0.1, 0.15) is 11.5 Å². The molecule has 8 heteroatoms. The summed E-state index contributed by atoms with van der Waals surface area (Å²) in [6.45, 7) is 3.67. The number of hydrogen-bond acceptors (Lipinski definition) is 6. The number of carbonyl (C=O) groups excluding carboxylic acids is 3. The zero-order chi connectivity index (χ0) is 25.1. The molecule has 1 saturated heterocycles. The van der Waals surface area contributed by atoms with E-state index in [-0.39, 0.29) is 11.8 Å². The first kappa shape index (κ1) is 23.6. The van der Waals surface area contributed by atoms with Gasteiger partial charge in [-0.2, -0.15) is 0 Å². The van der Waals surface area contributed by atoms with Crippen molar-refractivity contribution in [3.63, 3.8) is 0 Å². The maximum Gasteiger partial charge on any atom is 0.337 e. The van der Waals surface area contributed by atoms with Gasteiger partial charge in [-0.15, -0.1) is 0 Å². The van der Waals surface area contributed by atoms with Crippen LogP contribution in [0.4, 0.5) is 5.69 Å². The monoisotopic (exact) mass is 485 g/mol. The lowest BCUT2D eigenvalue weighted by Gasteiger charge is -2.14. The van der Waals surface area contributed by atoms with Gasteiger partial charge < -0.3 is 24.7 Å². The molecule has 3 heterocycles. The molecule has 2 aliphatic heterocycles. The van der Waals surface area contributed by atoms with Crippen molar-refractivity contribution < 1.29 is 23.5 Å². The van der Waals surface area contributed by atoms with Crippen molar-refractivity contribution >= 4 is 35.1 Å². The zero-order valence-corrected chi connectivity index (χ0v) is 20.0. The van der Waals surface area contributed by atoms with Gasteiger partial charge in [0.15, 0.2) is 0 Å². The molecule has 5 rings (SSSR count). The Labute approximate surface area is 208 Å². The Morgan fingerprint density at radius 2 is 1.92 bits per heavy atom. The van der Waals surface area contributed by atoms with Gasteiger partial charge in [0.25, 0.3) is 11.8 Å². The minimum atomic E-state index is -0.475. The Morgan fingerprint density at radius 3 is 2.72 bits per heavy atom. The standard InChI is InChI=1S/C28H27N3O5/c1-35-28(34)20-7-9-24-22(16-20)23(27(33)30-24)17-21-8-10-25(36-21)18-5-4-6-19(15-18)26(32)29-11-14-31-12-2-3-13-31/h4-10,15-17H,2-3,11-14H2,1H3,(H,29,32)(H,30,33). The number of anilines is 1. The van der Waals surface area contributed by atoms with Crippen molar-refractivity contribution in [3.8, 4) is 11.3 Å². The van der Waals surface area contributed by atoms with Crippen LogP contribution in [-0.2, 0) is 9.53 Å². The molecule has 2 aliphatic rings. The minimum Gasteiger partial charge on any atom is -0.465 e. The number of benzene rings is 2. The van der Waals surface area contributed by atoms with Crippen LogP contribution in [0.5, 0.6) is 0 Å². The number of ether oxygens (including phenoxy) is 1.